The van der Waals surface area contributed by atoms with Crippen LogP contribution in [-0.4, -0.2) is 84.6 Å². The van der Waals surface area contributed by atoms with Crippen LogP contribution in [0.4, 0.5) is 0 Å². The number of ether oxygens (including phenoxy) is 5. The van der Waals surface area contributed by atoms with E-state index in [2.05, 4.69) is 13.8 Å². The molecule has 0 aromatic carbocycles. The minimum Gasteiger partial charge on any atom is -0.367 e. The Bertz CT molecular complexity index is 1100. The van der Waals surface area contributed by atoms with Crippen LogP contribution in [0.1, 0.15) is 143 Å². The molecule has 0 aliphatic carbocycles. The lowest BCUT2D eigenvalue weighted by atomic mass is 9.67. The van der Waals surface area contributed by atoms with E-state index in [0.717, 1.165) is 64.2 Å². The van der Waals surface area contributed by atoms with E-state index in [1.165, 1.54) is 13.8 Å². The summed E-state index contributed by atoms with van der Waals surface area (Å²) in [6, 6.07) is 0. The first-order valence-electron chi connectivity index (χ1n) is 17.4. The Hall–Kier alpha value is -0.380. The topological polar surface area (TPSA) is 155 Å². The third-order valence-corrected chi connectivity index (χ3v) is 14.9. The van der Waals surface area contributed by atoms with Gasteiger partial charge in [-0.3, -0.25) is 9.11 Å². The summed E-state index contributed by atoms with van der Waals surface area (Å²) in [5.41, 5.74) is -3.11. The van der Waals surface area contributed by atoms with Gasteiger partial charge in [-0.25, -0.2) is 0 Å². The second kappa shape index (κ2) is 14.2. The SMILES string of the molecule is CCCCCCCCC(C)(C1(C2(OC3(C4(C(C)(CCCCCCCC)S(=O)(=O)O)CCO4)CCO3)CCO2)CCO1)S(=O)(=O)O. The summed E-state index contributed by atoms with van der Waals surface area (Å²) < 4.78 is 103. The molecule has 2 N–H and O–H groups in total. The standard InChI is InChI=1S/C32H58O11S2/c1-5-7-9-11-13-15-17-27(3,44(33,34)35)29(19-23-39-29)31(21-25-41-31)43-32(22-26-42-32)30(20-24-40-30)28(4,45(36,37)38)18-16-14-12-10-8-6-2/h5-26H2,1-4H3,(H,33,34,35)(H,36,37,38). The molecule has 0 radical (unpaired) electrons. The van der Waals surface area contributed by atoms with Crippen molar-refractivity contribution >= 4 is 20.2 Å². The zero-order chi connectivity index (χ0) is 33.1. The molecular weight excluding hydrogens is 624 g/mol. The summed E-state index contributed by atoms with van der Waals surface area (Å²) in [7, 11) is -9.35. The monoisotopic (exact) mass is 682 g/mol. The molecule has 4 heterocycles. The highest BCUT2D eigenvalue weighted by molar-refractivity contribution is 7.87. The van der Waals surface area contributed by atoms with Crippen LogP contribution in [0, 0.1) is 0 Å². The first kappa shape index (κ1) is 37.4. The number of unbranched alkanes of at least 4 members (excludes halogenated alkanes) is 10. The lowest BCUT2D eigenvalue weighted by Gasteiger charge is -2.69. The molecule has 4 aliphatic heterocycles. The van der Waals surface area contributed by atoms with Gasteiger partial charge in [0.2, 0.25) is 11.6 Å². The average Bonchev–Trinajstić information content (AvgIpc) is 2.86. The molecular formula is C32H58O11S2. The second-order valence-electron chi connectivity index (χ2n) is 14.1. The van der Waals surface area contributed by atoms with Gasteiger partial charge >= 0.3 is 0 Å². The van der Waals surface area contributed by atoms with Crippen LogP contribution in [-0.2, 0) is 43.9 Å². The largest absolute Gasteiger partial charge is 0.367 e. The van der Waals surface area contributed by atoms with Gasteiger partial charge in [0.15, 0.2) is 0 Å². The Morgan fingerprint density at radius 3 is 1.07 bits per heavy atom. The Kier molecular flexibility index (Phi) is 11.8. The van der Waals surface area contributed by atoms with E-state index in [-0.39, 0.29) is 65.0 Å². The van der Waals surface area contributed by atoms with Gasteiger partial charge in [-0.1, -0.05) is 90.9 Å². The predicted octanol–water partition coefficient (Wildman–Crippen LogP) is 6.35. The fourth-order valence-electron chi connectivity index (χ4n) is 8.22. The van der Waals surface area contributed by atoms with Crippen molar-refractivity contribution in [3.63, 3.8) is 0 Å². The highest BCUT2D eigenvalue weighted by Gasteiger charge is 2.80. The van der Waals surface area contributed by atoms with E-state index in [9.17, 15) is 25.9 Å². The van der Waals surface area contributed by atoms with E-state index >= 15 is 0 Å². The minimum absolute atomic E-state index is 0.142. The summed E-state index contributed by atoms with van der Waals surface area (Å²) >= 11 is 0. The normalized spacial score (nSPS) is 34.4. The molecule has 0 aromatic rings. The van der Waals surface area contributed by atoms with Crippen LogP contribution in [0.5, 0.6) is 0 Å². The number of rotatable bonds is 22. The van der Waals surface area contributed by atoms with Crippen molar-refractivity contribution in [2.75, 3.05) is 26.4 Å². The van der Waals surface area contributed by atoms with E-state index in [1.807, 2.05) is 0 Å². The Labute approximate surface area is 271 Å². The number of hydrogen-bond donors (Lipinski definition) is 2. The van der Waals surface area contributed by atoms with Gasteiger partial charge in [-0.05, 0) is 26.7 Å². The molecule has 0 bridgehead atoms. The molecule has 6 atom stereocenters. The van der Waals surface area contributed by atoms with Crippen LogP contribution in [0.25, 0.3) is 0 Å². The lowest BCUT2D eigenvalue weighted by Crippen LogP contribution is -2.85. The van der Waals surface area contributed by atoms with Crippen LogP contribution >= 0.6 is 0 Å². The maximum Gasteiger partial charge on any atom is 0.273 e. The molecule has 6 unspecified atom stereocenters. The zero-order valence-electron chi connectivity index (χ0n) is 27.9. The first-order chi connectivity index (χ1) is 21.2. The third kappa shape index (κ3) is 6.29. The highest BCUT2D eigenvalue weighted by atomic mass is 32.2. The van der Waals surface area contributed by atoms with Crippen molar-refractivity contribution in [2.45, 2.75) is 176 Å². The van der Waals surface area contributed by atoms with Gasteiger partial charge < -0.3 is 23.7 Å². The summed E-state index contributed by atoms with van der Waals surface area (Å²) in [4.78, 5) is 0. The molecule has 0 saturated carbocycles. The summed E-state index contributed by atoms with van der Waals surface area (Å²) in [5.74, 6) is -3.27. The van der Waals surface area contributed by atoms with Crippen LogP contribution < -0.4 is 0 Å². The predicted molar refractivity (Wildman–Crippen MR) is 170 cm³/mol. The molecule has 0 spiro atoms. The van der Waals surface area contributed by atoms with Gasteiger partial charge in [0, 0.05) is 25.7 Å². The molecule has 4 saturated heterocycles. The quantitative estimate of drug-likeness (QED) is 0.0970. The maximum atomic E-state index is 13.3. The maximum absolute atomic E-state index is 13.3. The van der Waals surface area contributed by atoms with Crippen LogP contribution in [0.3, 0.4) is 0 Å². The second-order valence-corrected chi connectivity index (χ2v) is 17.8. The smallest absolute Gasteiger partial charge is 0.273 e. The summed E-state index contributed by atoms with van der Waals surface area (Å²) in [6.07, 6.45) is 12.5. The van der Waals surface area contributed by atoms with Crippen molar-refractivity contribution in [1.82, 2.24) is 0 Å². The van der Waals surface area contributed by atoms with Crippen LogP contribution in [0.2, 0.25) is 0 Å². The van der Waals surface area contributed by atoms with E-state index in [0.29, 0.717) is 12.8 Å². The summed E-state index contributed by atoms with van der Waals surface area (Å²) in [5, 5.41) is 0. The molecule has 0 amide bonds. The molecule has 11 nitrogen and oxygen atoms in total. The molecule has 45 heavy (non-hydrogen) atoms. The van der Waals surface area contributed by atoms with Gasteiger partial charge in [0.25, 0.3) is 20.2 Å². The molecule has 0 aromatic heterocycles. The fraction of sp³-hybridized carbons (Fsp3) is 1.00. The molecule has 4 fully saturated rings. The van der Waals surface area contributed by atoms with E-state index in [1.54, 1.807) is 0 Å². The van der Waals surface area contributed by atoms with Crippen molar-refractivity contribution in [2.24, 2.45) is 0 Å². The van der Waals surface area contributed by atoms with E-state index < -0.39 is 52.5 Å². The zero-order valence-corrected chi connectivity index (χ0v) is 29.6. The Morgan fingerprint density at radius 2 is 0.844 bits per heavy atom. The van der Waals surface area contributed by atoms with Gasteiger partial charge in [-0.15, -0.1) is 0 Å². The van der Waals surface area contributed by atoms with E-state index in [4.69, 9.17) is 23.7 Å². The third-order valence-electron chi connectivity index (χ3n) is 11.6. The van der Waals surface area contributed by atoms with Crippen molar-refractivity contribution in [3.8, 4) is 0 Å². The lowest BCUT2D eigenvalue weighted by molar-refractivity contribution is -0.522. The Balaban J connectivity index is 1.66. The van der Waals surface area contributed by atoms with Crippen LogP contribution in [0.15, 0.2) is 0 Å². The Morgan fingerprint density at radius 1 is 0.556 bits per heavy atom. The molecule has 4 rings (SSSR count). The van der Waals surface area contributed by atoms with Crippen molar-refractivity contribution in [3.05, 3.63) is 0 Å². The molecule has 4 aliphatic rings. The van der Waals surface area contributed by atoms with Crippen molar-refractivity contribution in [1.29, 1.82) is 0 Å². The van der Waals surface area contributed by atoms with Gasteiger partial charge in [0.05, 0.1) is 26.4 Å². The van der Waals surface area contributed by atoms with Crippen molar-refractivity contribution < 1.29 is 49.6 Å². The molecule has 264 valence electrons. The first-order valence-corrected chi connectivity index (χ1v) is 20.2. The average molecular weight is 683 g/mol. The van der Waals surface area contributed by atoms with Gasteiger partial charge in [-0.2, -0.15) is 16.8 Å². The van der Waals surface area contributed by atoms with Gasteiger partial charge in [0.1, 0.15) is 20.7 Å². The minimum atomic E-state index is -4.68. The highest BCUT2D eigenvalue weighted by Crippen LogP contribution is 2.63. The fourth-order valence-corrected chi connectivity index (χ4v) is 10.5. The number of hydrogen-bond acceptors (Lipinski definition) is 9. The summed E-state index contributed by atoms with van der Waals surface area (Å²) in [6.45, 7) is 8.32. The molecule has 13 heteroatoms.